The summed E-state index contributed by atoms with van der Waals surface area (Å²) in [4.78, 5) is 4.65. The van der Waals surface area contributed by atoms with Crippen LogP contribution in [0.15, 0.2) is 66.7 Å². The van der Waals surface area contributed by atoms with Gasteiger partial charge >= 0.3 is 0 Å². The Bertz CT molecular complexity index is 1050. The van der Waals surface area contributed by atoms with E-state index < -0.39 is 0 Å². The molecule has 25 heavy (non-hydrogen) atoms. The highest BCUT2D eigenvalue weighted by atomic mass is 16.5. The third-order valence-electron chi connectivity index (χ3n) is 4.28. The lowest BCUT2D eigenvalue weighted by atomic mass is 10.1. The molecule has 0 saturated heterocycles. The standard InChI is InChI=1S/C22H20N2O/c1-3-25-17-11-12-21-19(14-17)22(13-15(2)23-21)24-20-10-6-8-16-7-4-5-9-18(16)20/h4-14H,3H2,1-2H3,(H,23,24). The molecule has 4 rings (SSSR count). The number of pyridine rings is 1. The number of nitrogens with zero attached hydrogens (tertiary/aromatic N) is 1. The van der Waals surface area contributed by atoms with Crippen LogP contribution in [0.1, 0.15) is 12.6 Å². The van der Waals surface area contributed by atoms with Crippen molar-refractivity contribution in [2.24, 2.45) is 0 Å². The lowest BCUT2D eigenvalue weighted by Crippen LogP contribution is -1.97. The van der Waals surface area contributed by atoms with Crippen molar-refractivity contribution in [2.45, 2.75) is 13.8 Å². The van der Waals surface area contributed by atoms with Crippen molar-refractivity contribution >= 4 is 33.1 Å². The van der Waals surface area contributed by atoms with Crippen molar-refractivity contribution in [2.75, 3.05) is 11.9 Å². The molecule has 0 aliphatic carbocycles. The minimum absolute atomic E-state index is 0.650. The smallest absolute Gasteiger partial charge is 0.120 e. The van der Waals surface area contributed by atoms with Gasteiger partial charge in [0.1, 0.15) is 5.75 Å². The molecule has 0 spiro atoms. The van der Waals surface area contributed by atoms with Gasteiger partial charge < -0.3 is 10.1 Å². The van der Waals surface area contributed by atoms with E-state index in [0.29, 0.717) is 6.61 Å². The van der Waals surface area contributed by atoms with Crippen LogP contribution in [0.25, 0.3) is 21.7 Å². The Morgan fingerprint density at radius 1 is 0.880 bits per heavy atom. The van der Waals surface area contributed by atoms with E-state index in [0.717, 1.165) is 33.7 Å². The predicted octanol–water partition coefficient (Wildman–Crippen LogP) is 5.84. The van der Waals surface area contributed by atoms with Crippen LogP contribution >= 0.6 is 0 Å². The molecule has 0 fully saturated rings. The van der Waals surface area contributed by atoms with E-state index in [1.54, 1.807) is 0 Å². The van der Waals surface area contributed by atoms with Gasteiger partial charge in [0, 0.05) is 27.8 Å². The van der Waals surface area contributed by atoms with Crippen LogP contribution in [0.4, 0.5) is 11.4 Å². The molecule has 0 aliphatic rings. The van der Waals surface area contributed by atoms with Crippen molar-refractivity contribution in [3.63, 3.8) is 0 Å². The highest BCUT2D eigenvalue weighted by molar-refractivity contribution is 6.00. The average molecular weight is 328 g/mol. The molecule has 3 heteroatoms. The molecule has 1 heterocycles. The highest BCUT2D eigenvalue weighted by Gasteiger charge is 2.08. The number of fused-ring (bicyclic) bond motifs is 2. The summed E-state index contributed by atoms with van der Waals surface area (Å²) in [5.74, 6) is 0.863. The first-order valence-electron chi connectivity index (χ1n) is 8.53. The molecule has 1 aromatic heterocycles. The van der Waals surface area contributed by atoms with Gasteiger partial charge in [-0.2, -0.15) is 0 Å². The minimum Gasteiger partial charge on any atom is -0.494 e. The molecule has 0 radical (unpaired) electrons. The van der Waals surface area contributed by atoms with Crippen molar-refractivity contribution in [1.29, 1.82) is 0 Å². The number of anilines is 2. The first-order chi connectivity index (χ1) is 12.2. The lowest BCUT2D eigenvalue weighted by molar-refractivity contribution is 0.340. The molecular weight excluding hydrogens is 308 g/mol. The summed E-state index contributed by atoms with van der Waals surface area (Å²) in [6.45, 7) is 4.66. The van der Waals surface area contributed by atoms with Gasteiger partial charge in [0.15, 0.2) is 0 Å². The quantitative estimate of drug-likeness (QED) is 0.511. The van der Waals surface area contributed by atoms with Gasteiger partial charge in [-0.25, -0.2) is 0 Å². The summed E-state index contributed by atoms with van der Waals surface area (Å²) in [6, 6.07) is 22.8. The van der Waals surface area contributed by atoms with Crippen LogP contribution in [-0.2, 0) is 0 Å². The molecule has 1 N–H and O–H groups in total. The fraction of sp³-hybridized carbons (Fsp3) is 0.136. The van der Waals surface area contributed by atoms with Gasteiger partial charge in [0.2, 0.25) is 0 Å². The van der Waals surface area contributed by atoms with E-state index in [9.17, 15) is 0 Å². The summed E-state index contributed by atoms with van der Waals surface area (Å²) in [5, 5.41) is 7.09. The second kappa shape index (κ2) is 6.44. The fourth-order valence-electron chi connectivity index (χ4n) is 3.18. The molecule has 0 unspecified atom stereocenters. The van der Waals surface area contributed by atoms with Crippen LogP contribution in [0, 0.1) is 6.92 Å². The number of rotatable bonds is 4. The van der Waals surface area contributed by atoms with Gasteiger partial charge in [-0.05, 0) is 49.6 Å². The van der Waals surface area contributed by atoms with Gasteiger partial charge in [-0.3, -0.25) is 4.98 Å². The number of benzene rings is 3. The normalized spacial score (nSPS) is 11.0. The summed E-state index contributed by atoms with van der Waals surface area (Å²) < 4.78 is 5.66. The Kier molecular flexibility index (Phi) is 3.98. The van der Waals surface area contributed by atoms with E-state index in [1.807, 2.05) is 26.0 Å². The van der Waals surface area contributed by atoms with Crippen LogP contribution in [0.5, 0.6) is 5.75 Å². The molecule has 0 amide bonds. The van der Waals surface area contributed by atoms with Gasteiger partial charge in [0.25, 0.3) is 0 Å². The second-order valence-electron chi connectivity index (χ2n) is 6.07. The maximum Gasteiger partial charge on any atom is 0.120 e. The first kappa shape index (κ1) is 15.5. The Labute approximate surface area is 147 Å². The molecule has 0 saturated carbocycles. The molecule has 0 bridgehead atoms. The number of aryl methyl sites for hydroxylation is 1. The third kappa shape index (κ3) is 3.01. The highest BCUT2D eigenvalue weighted by Crippen LogP contribution is 2.32. The van der Waals surface area contributed by atoms with E-state index in [2.05, 4.69) is 64.9 Å². The van der Waals surface area contributed by atoms with Crippen molar-refractivity contribution in [3.8, 4) is 5.75 Å². The SMILES string of the molecule is CCOc1ccc2nc(C)cc(Nc3cccc4ccccc34)c2c1. The summed E-state index contributed by atoms with van der Waals surface area (Å²) in [7, 11) is 0. The topological polar surface area (TPSA) is 34.1 Å². The van der Waals surface area contributed by atoms with E-state index >= 15 is 0 Å². The summed E-state index contributed by atoms with van der Waals surface area (Å²) >= 11 is 0. The maximum atomic E-state index is 5.66. The molecule has 0 aliphatic heterocycles. The first-order valence-corrected chi connectivity index (χ1v) is 8.53. The largest absolute Gasteiger partial charge is 0.494 e. The minimum atomic E-state index is 0.650. The number of hydrogen-bond donors (Lipinski definition) is 1. The monoisotopic (exact) mass is 328 g/mol. The molecular formula is C22H20N2O. The predicted molar refractivity (Wildman–Crippen MR) is 105 cm³/mol. The lowest BCUT2D eigenvalue weighted by Gasteiger charge is -2.14. The van der Waals surface area contributed by atoms with Crippen molar-refractivity contribution in [3.05, 3.63) is 72.4 Å². The zero-order chi connectivity index (χ0) is 17.2. The molecule has 4 aromatic rings. The Hall–Kier alpha value is -3.07. The van der Waals surface area contributed by atoms with Gasteiger partial charge in [-0.15, -0.1) is 0 Å². The summed E-state index contributed by atoms with van der Waals surface area (Å²) in [5.41, 5.74) is 4.08. The van der Waals surface area contributed by atoms with E-state index in [4.69, 9.17) is 4.74 Å². The van der Waals surface area contributed by atoms with Gasteiger partial charge in [0.05, 0.1) is 12.1 Å². The molecule has 0 atom stereocenters. The van der Waals surface area contributed by atoms with Gasteiger partial charge in [-0.1, -0.05) is 36.4 Å². The Morgan fingerprint density at radius 3 is 2.60 bits per heavy atom. The molecule has 3 nitrogen and oxygen atoms in total. The molecule has 3 aromatic carbocycles. The van der Waals surface area contributed by atoms with Crippen LogP contribution in [-0.4, -0.2) is 11.6 Å². The molecule has 124 valence electrons. The third-order valence-corrected chi connectivity index (χ3v) is 4.28. The fourth-order valence-corrected chi connectivity index (χ4v) is 3.18. The Balaban J connectivity index is 1.86. The zero-order valence-electron chi connectivity index (χ0n) is 14.4. The number of nitrogens with one attached hydrogen (secondary N) is 1. The zero-order valence-corrected chi connectivity index (χ0v) is 14.4. The van der Waals surface area contributed by atoms with Crippen molar-refractivity contribution in [1.82, 2.24) is 4.98 Å². The Morgan fingerprint density at radius 2 is 1.72 bits per heavy atom. The van der Waals surface area contributed by atoms with Crippen LogP contribution in [0.3, 0.4) is 0 Å². The number of ether oxygens (including phenoxy) is 1. The van der Waals surface area contributed by atoms with E-state index in [-0.39, 0.29) is 0 Å². The maximum absolute atomic E-state index is 5.66. The second-order valence-corrected chi connectivity index (χ2v) is 6.07. The number of aromatic nitrogens is 1. The van der Waals surface area contributed by atoms with E-state index in [1.165, 1.54) is 10.8 Å². The number of hydrogen-bond acceptors (Lipinski definition) is 3. The van der Waals surface area contributed by atoms with Crippen molar-refractivity contribution < 1.29 is 4.74 Å². The van der Waals surface area contributed by atoms with Crippen LogP contribution < -0.4 is 10.1 Å². The average Bonchev–Trinajstić information content (AvgIpc) is 2.63. The summed E-state index contributed by atoms with van der Waals surface area (Å²) in [6.07, 6.45) is 0. The van der Waals surface area contributed by atoms with Crippen LogP contribution in [0.2, 0.25) is 0 Å².